The first-order valence-electron chi connectivity index (χ1n) is 5.84. The second-order valence-corrected chi connectivity index (χ2v) is 7.20. The Bertz CT molecular complexity index is 615. The Hall–Kier alpha value is -1.69. The molecule has 1 aliphatic rings. The molecule has 0 spiro atoms. The normalized spacial score (nSPS) is 19.1. The van der Waals surface area contributed by atoms with Crippen LogP contribution in [0.2, 0.25) is 0 Å². The van der Waals surface area contributed by atoms with Gasteiger partial charge in [0.1, 0.15) is 0 Å². The minimum atomic E-state index is -3.24. The summed E-state index contributed by atoms with van der Waals surface area (Å²) >= 11 is 0. The first-order valence-corrected chi connectivity index (χ1v) is 7.73. The second-order valence-electron chi connectivity index (χ2n) is 5.18. The van der Waals surface area contributed by atoms with Gasteiger partial charge in [-0.1, -0.05) is 19.1 Å². The highest BCUT2D eigenvalue weighted by Gasteiger charge is 2.37. The Labute approximate surface area is 111 Å². The number of hydrogen-bond acceptors (Lipinski definition) is 4. The van der Waals surface area contributed by atoms with Gasteiger partial charge in [0.15, 0.2) is 9.84 Å². The van der Waals surface area contributed by atoms with Crippen molar-refractivity contribution in [2.24, 2.45) is 0 Å². The van der Waals surface area contributed by atoms with E-state index in [1.54, 1.807) is 12.1 Å². The Morgan fingerprint density at radius 1 is 1.05 bits per heavy atom. The van der Waals surface area contributed by atoms with Crippen LogP contribution in [0.4, 0.5) is 0 Å². The van der Waals surface area contributed by atoms with E-state index < -0.39 is 15.3 Å². The molecule has 1 fully saturated rings. The summed E-state index contributed by atoms with van der Waals surface area (Å²) in [5, 5.41) is 2.27. The van der Waals surface area contributed by atoms with Crippen LogP contribution < -0.4 is 5.32 Å². The van der Waals surface area contributed by atoms with Gasteiger partial charge >= 0.3 is 0 Å². The van der Waals surface area contributed by atoms with Crippen molar-refractivity contribution in [1.82, 2.24) is 5.32 Å². The van der Waals surface area contributed by atoms with Crippen LogP contribution in [-0.4, -0.2) is 26.5 Å². The predicted molar refractivity (Wildman–Crippen MR) is 69.3 cm³/mol. The van der Waals surface area contributed by atoms with Gasteiger partial charge in [-0.05, 0) is 17.7 Å². The fourth-order valence-electron chi connectivity index (χ4n) is 2.32. The highest BCUT2D eigenvalue weighted by Crippen LogP contribution is 2.34. The molecule has 0 saturated carbocycles. The molecule has 102 valence electrons. The van der Waals surface area contributed by atoms with Crippen molar-refractivity contribution in [3.63, 3.8) is 0 Å². The first-order chi connectivity index (χ1) is 8.71. The van der Waals surface area contributed by atoms with Gasteiger partial charge in [0.2, 0.25) is 11.8 Å². The molecule has 19 heavy (non-hydrogen) atoms. The van der Waals surface area contributed by atoms with Gasteiger partial charge < -0.3 is 0 Å². The highest BCUT2D eigenvalue weighted by atomic mass is 32.2. The summed E-state index contributed by atoms with van der Waals surface area (Å²) in [5.74, 6) is -0.600. The van der Waals surface area contributed by atoms with Crippen LogP contribution in [0.25, 0.3) is 0 Å². The number of nitrogens with one attached hydrogen (secondary N) is 1. The van der Waals surface area contributed by atoms with E-state index in [4.69, 9.17) is 0 Å². The van der Waals surface area contributed by atoms with Crippen LogP contribution in [0.3, 0.4) is 0 Å². The fourth-order valence-corrected chi connectivity index (χ4v) is 2.95. The van der Waals surface area contributed by atoms with E-state index in [9.17, 15) is 18.0 Å². The Morgan fingerprint density at radius 2 is 1.53 bits per heavy atom. The monoisotopic (exact) mass is 281 g/mol. The molecule has 0 unspecified atom stereocenters. The van der Waals surface area contributed by atoms with E-state index in [2.05, 4.69) is 5.32 Å². The Kier molecular flexibility index (Phi) is 3.22. The van der Waals surface area contributed by atoms with Crippen molar-refractivity contribution in [3.05, 3.63) is 29.8 Å². The summed E-state index contributed by atoms with van der Waals surface area (Å²) in [6.07, 6.45) is 1.58. The van der Waals surface area contributed by atoms with Gasteiger partial charge in [0.25, 0.3) is 0 Å². The van der Waals surface area contributed by atoms with E-state index in [-0.39, 0.29) is 29.6 Å². The minimum Gasteiger partial charge on any atom is -0.296 e. The molecule has 2 amide bonds. The summed E-state index contributed by atoms with van der Waals surface area (Å²) in [6.45, 7) is 1.83. The lowest BCUT2D eigenvalue weighted by atomic mass is 9.74. The Morgan fingerprint density at radius 3 is 1.95 bits per heavy atom. The maximum atomic E-state index is 11.5. The van der Waals surface area contributed by atoms with Crippen molar-refractivity contribution in [3.8, 4) is 0 Å². The quantitative estimate of drug-likeness (QED) is 0.812. The number of sulfone groups is 1. The van der Waals surface area contributed by atoms with E-state index in [0.29, 0.717) is 0 Å². The second kappa shape index (κ2) is 4.45. The van der Waals surface area contributed by atoms with Gasteiger partial charge in [-0.2, -0.15) is 0 Å². The highest BCUT2D eigenvalue weighted by molar-refractivity contribution is 7.90. The van der Waals surface area contributed by atoms with Crippen LogP contribution >= 0.6 is 0 Å². The van der Waals surface area contributed by atoms with Crippen LogP contribution in [0, 0.1) is 0 Å². The molecule has 1 heterocycles. The third kappa shape index (κ3) is 2.84. The SMILES string of the molecule is CC1(c2ccc(S(C)(=O)=O)cc2)CC(=O)NC(=O)C1. The summed E-state index contributed by atoms with van der Waals surface area (Å²) in [4.78, 5) is 23.1. The molecule has 0 aliphatic carbocycles. The molecule has 1 aromatic carbocycles. The van der Waals surface area contributed by atoms with E-state index in [1.807, 2.05) is 6.92 Å². The number of amides is 2. The zero-order valence-electron chi connectivity index (χ0n) is 10.8. The van der Waals surface area contributed by atoms with Gasteiger partial charge in [-0.25, -0.2) is 8.42 Å². The summed E-state index contributed by atoms with van der Waals surface area (Å²) in [7, 11) is -3.24. The molecule has 1 aliphatic heterocycles. The molecule has 0 atom stereocenters. The van der Waals surface area contributed by atoms with Crippen molar-refractivity contribution in [1.29, 1.82) is 0 Å². The molecule has 1 N–H and O–H groups in total. The number of hydrogen-bond donors (Lipinski definition) is 1. The van der Waals surface area contributed by atoms with Crippen molar-refractivity contribution in [2.75, 3.05) is 6.26 Å². The van der Waals surface area contributed by atoms with Gasteiger partial charge in [-0.3, -0.25) is 14.9 Å². The average molecular weight is 281 g/mol. The van der Waals surface area contributed by atoms with Crippen LogP contribution in [-0.2, 0) is 24.8 Å². The van der Waals surface area contributed by atoms with Crippen LogP contribution in [0.15, 0.2) is 29.2 Å². The molecule has 1 saturated heterocycles. The molecule has 1 aromatic rings. The first kappa shape index (κ1) is 13.7. The number of piperidine rings is 1. The number of carbonyl (C=O) groups is 2. The molecule has 0 aromatic heterocycles. The lowest BCUT2D eigenvalue weighted by Crippen LogP contribution is -2.45. The molecule has 0 radical (unpaired) electrons. The number of carbonyl (C=O) groups excluding carboxylic acids is 2. The average Bonchev–Trinajstić information content (AvgIpc) is 2.26. The third-order valence-corrected chi connectivity index (χ3v) is 4.49. The predicted octanol–water partition coefficient (Wildman–Crippen LogP) is 0.784. The number of benzene rings is 1. The van der Waals surface area contributed by atoms with Crippen LogP contribution in [0.1, 0.15) is 25.3 Å². The van der Waals surface area contributed by atoms with Gasteiger partial charge in [-0.15, -0.1) is 0 Å². The van der Waals surface area contributed by atoms with Gasteiger partial charge in [0.05, 0.1) is 4.90 Å². The molecule has 2 rings (SSSR count). The fraction of sp³-hybridized carbons (Fsp3) is 0.385. The zero-order chi connectivity index (χ0) is 14.3. The number of imide groups is 1. The molecular weight excluding hydrogens is 266 g/mol. The van der Waals surface area contributed by atoms with Crippen LogP contribution in [0.5, 0.6) is 0 Å². The molecule has 0 bridgehead atoms. The smallest absolute Gasteiger partial charge is 0.227 e. The molecular formula is C13H15NO4S. The number of rotatable bonds is 2. The standard InChI is InChI=1S/C13H15NO4S/c1-13(7-11(15)14-12(16)8-13)9-3-5-10(6-4-9)19(2,17)18/h3-6H,7-8H2,1-2H3,(H,14,15,16). The maximum Gasteiger partial charge on any atom is 0.227 e. The largest absolute Gasteiger partial charge is 0.296 e. The summed E-state index contributed by atoms with van der Waals surface area (Å²) in [5.41, 5.74) is 0.221. The summed E-state index contributed by atoms with van der Waals surface area (Å²) in [6, 6.07) is 6.35. The molecule has 6 heteroatoms. The van der Waals surface area contributed by atoms with E-state index >= 15 is 0 Å². The topological polar surface area (TPSA) is 80.3 Å². The molecule has 5 nitrogen and oxygen atoms in total. The lowest BCUT2D eigenvalue weighted by molar-refractivity contribution is -0.135. The van der Waals surface area contributed by atoms with Crippen molar-refractivity contribution < 1.29 is 18.0 Å². The zero-order valence-corrected chi connectivity index (χ0v) is 11.6. The summed E-state index contributed by atoms with van der Waals surface area (Å²) < 4.78 is 22.8. The lowest BCUT2D eigenvalue weighted by Gasteiger charge is -2.32. The van der Waals surface area contributed by atoms with Crippen molar-refractivity contribution in [2.45, 2.75) is 30.1 Å². The van der Waals surface area contributed by atoms with E-state index in [1.165, 1.54) is 12.1 Å². The van der Waals surface area contributed by atoms with E-state index in [0.717, 1.165) is 11.8 Å². The minimum absolute atomic E-state index is 0.219. The maximum absolute atomic E-state index is 11.5. The third-order valence-electron chi connectivity index (χ3n) is 3.36. The van der Waals surface area contributed by atoms with Crippen molar-refractivity contribution >= 4 is 21.7 Å². The Balaban J connectivity index is 2.36. The van der Waals surface area contributed by atoms with Gasteiger partial charge in [0, 0.05) is 24.5 Å².